The fourth-order valence-electron chi connectivity index (χ4n) is 12.2. The topological polar surface area (TPSA) is 239 Å². The van der Waals surface area contributed by atoms with Gasteiger partial charge >= 0.3 is 196 Å². The number of halogens is 1. The van der Waals surface area contributed by atoms with Gasteiger partial charge in [0.25, 0.3) is 20.0 Å². The first-order valence-electron chi connectivity index (χ1n) is 32.9. The molecule has 2 saturated carbocycles. The van der Waals surface area contributed by atoms with Gasteiger partial charge < -0.3 is 9.64 Å². The number of aromatic nitrogens is 8. The molecule has 0 N–H and O–H groups in total. The maximum absolute atomic E-state index is 14.0. The number of fused-ring (bicyclic) bond motifs is 2. The van der Waals surface area contributed by atoms with E-state index in [1.54, 1.807) is 85.9 Å². The van der Waals surface area contributed by atoms with Crippen LogP contribution < -0.4 is 13.6 Å². The van der Waals surface area contributed by atoms with Gasteiger partial charge in [-0.3, -0.25) is 0 Å². The fourth-order valence-corrected chi connectivity index (χ4v) is 31.7. The van der Waals surface area contributed by atoms with Crippen molar-refractivity contribution in [3.8, 4) is 11.4 Å². The molecule has 94 heavy (non-hydrogen) atoms. The summed E-state index contributed by atoms with van der Waals surface area (Å²) >= 11 is 0.660. The van der Waals surface area contributed by atoms with E-state index in [1.165, 1.54) is 59.8 Å². The number of pyridine rings is 2. The van der Waals surface area contributed by atoms with Crippen LogP contribution in [0.2, 0.25) is 13.3 Å². The molecule has 0 amide bonds. The van der Waals surface area contributed by atoms with Crippen molar-refractivity contribution in [2.75, 3.05) is 74.3 Å². The van der Waals surface area contributed by atoms with Gasteiger partial charge in [-0.25, -0.2) is 48.9 Å². The van der Waals surface area contributed by atoms with E-state index in [9.17, 15) is 25.3 Å². The minimum absolute atomic E-state index is 0.0802. The molecule has 2 aliphatic heterocycles. The van der Waals surface area contributed by atoms with Crippen LogP contribution in [0.25, 0.3) is 33.5 Å². The Morgan fingerprint density at radius 1 is 0.553 bits per heavy atom. The van der Waals surface area contributed by atoms with Gasteiger partial charge in [0.05, 0.1) is 29.0 Å². The Balaban J connectivity index is 0.000000160. The van der Waals surface area contributed by atoms with Crippen LogP contribution in [-0.4, -0.2) is 158 Å². The smallest absolute Gasteiger partial charge is 0.269 e. The number of unbranched alkanes of at least 4 members (excludes halogenated alkanes) is 3. The van der Waals surface area contributed by atoms with Gasteiger partial charge in [0.2, 0.25) is 0 Å². The molecule has 12 rings (SSSR count). The molecule has 0 bridgehead atoms. The number of ether oxygens (including phenoxy) is 2. The van der Waals surface area contributed by atoms with Gasteiger partial charge in [-0.2, -0.15) is 4.36 Å². The SMILES string of the molecule is CCC[CH2][Sn]([CH2]CCC)([CH2]CCC)[c]1nc(N=S(C)(C)=O)cc(N2CCOC[C@H]2C)n1.Cc1ccc(S(=O)(=O)n2c(C3CC3)cc3c(-c4nc(N=S(C)(C)=O)cc(N5CCOC[C@H]5C)n4)ccnc32)cc1.Cc1ccc(S(=O)(=O)n2c(C3CC3)cc3c(Br)ccnc32)cc1. The molecule has 2 saturated heterocycles. The van der Waals surface area contributed by atoms with Gasteiger partial charge in [0.1, 0.15) is 5.82 Å². The normalized spacial score (nSPS) is 17.4. The van der Waals surface area contributed by atoms with Gasteiger partial charge in [-0.1, -0.05) is 35.4 Å². The Kier molecular flexibility index (Phi) is 22.9. The Morgan fingerprint density at radius 3 is 1.41 bits per heavy atom. The molecular formula is C68H91BrN12O8S4Sn. The van der Waals surface area contributed by atoms with E-state index in [4.69, 9.17) is 24.4 Å². The molecular weight excluding hydrogens is 1440 g/mol. The van der Waals surface area contributed by atoms with Crippen LogP contribution in [0.3, 0.4) is 0 Å². The van der Waals surface area contributed by atoms with Crippen LogP contribution in [0.1, 0.15) is 133 Å². The van der Waals surface area contributed by atoms with Crippen LogP contribution in [-0.2, 0) is 49.0 Å². The molecule has 2 atom stereocenters. The third kappa shape index (κ3) is 16.9. The van der Waals surface area contributed by atoms with Crippen molar-refractivity contribution in [3.63, 3.8) is 0 Å². The number of rotatable bonds is 21. The molecule has 8 aromatic rings. The molecule has 506 valence electrons. The van der Waals surface area contributed by atoms with E-state index >= 15 is 0 Å². The second-order valence-electron chi connectivity index (χ2n) is 26.2. The molecule has 0 radical (unpaired) electrons. The number of morpholine rings is 2. The summed E-state index contributed by atoms with van der Waals surface area (Å²) in [5.41, 5.74) is 5.02. The molecule has 6 aromatic heterocycles. The molecule has 2 aliphatic carbocycles. The van der Waals surface area contributed by atoms with E-state index < -0.39 is 57.9 Å². The van der Waals surface area contributed by atoms with Crippen molar-refractivity contribution in [1.82, 2.24) is 37.8 Å². The quantitative estimate of drug-likeness (QED) is 0.0608. The van der Waals surface area contributed by atoms with Crippen molar-refractivity contribution in [3.05, 3.63) is 124 Å². The molecule has 4 aliphatic rings. The minimum atomic E-state index is -3.90. The maximum Gasteiger partial charge on any atom is 0.269 e. The first-order chi connectivity index (χ1) is 44.7. The van der Waals surface area contributed by atoms with E-state index in [0.717, 1.165) is 68.6 Å². The van der Waals surface area contributed by atoms with Gasteiger partial charge in [0.15, 0.2) is 22.9 Å². The zero-order chi connectivity index (χ0) is 67.3. The third-order valence-electron chi connectivity index (χ3n) is 17.5. The van der Waals surface area contributed by atoms with Crippen LogP contribution in [0.15, 0.2) is 120 Å². The zero-order valence-corrected chi connectivity index (χ0v) is 63.8. The Hall–Kier alpha value is -5.42. The Labute approximate surface area is 569 Å². The van der Waals surface area contributed by atoms with Crippen molar-refractivity contribution >= 4 is 123 Å². The van der Waals surface area contributed by atoms with Gasteiger partial charge in [-0.15, -0.1) is 0 Å². The number of anilines is 2. The number of hydrogen-bond acceptors (Lipinski definition) is 18. The van der Waals surface area contributed by atoms with Crippen molar-refractivity contribution in [1.29, 1.82) is 0 Å². The Morgan fingerprint density at radius 2 is 0.979 bits per heavy atom. The van der Waals surface area contributed by atoms with E-state index in [0.29, 0.717) is 95.0 Å². The van der Waals surface area contributed by atoms with Crippen LogP contribution in [0.5, 0.6) is 0 Å². The molecule has 4 fully saturated rings. The monoisotopic (exact) mass is 1530 g/mol. The number of nitrogens with zero attached hydrogens (tertiary/aromatic N) is 12. The predicted octanol–water partition coefficient (Wildman–Crippen LogP) is 13.8. The second-order valence-corrected chi connectivity index (χ2v) is 48.5. The summed E-state index contributed by atoms with van der Waals surface area (Å²) in [5, 5.41) is 1.48. The number of benzene rings is 2. The van der Waals surface area contributed by atoms with Crippen molar-refractivity contribution in [2.45, 2.75) is 160 Å². The standard InChI is InChI=1S/C28H32N6O4S2.C17H15BrN2O2S.C11H17N4O2S.3C4H9.Sn/c1-18-5-9-21(10-6-18)40(36,37)34-24(20-7-8-20)15-23-22(11-12-29-28(23)34)27-30-25(32-39(3,4)35)16-26(31-27)33-13-14-38-17-19(33)2;1-11-2-6-13(7-3-11)23(21,22)20-16(12-4-5-12)10-14-15(18)8-9-19-17(14)20;1-9-7-17-5-4-15(9)11-6-10(12-8-13-11)14-18(2,3)16;3*1-3-4-2;/h5-6,9-12,15-16,19-20H,7-8,13-14,17H2,1-4H3;2-3,6-10,12H,4-5H2,1H3;6,9H,4-5,7H2,1-3H3;3*1,3-4H2,2H3;/t19-;;9-;;;;/m1.1..../s1. The summed E-state index contributed by atoms with van der Waals surface area (Å²) in [6.07, 6.45) is 21.0. The van der Waals surface area contributed by atoms with Gasteiger partial charge in [0, 0.05) is 91.3 Å². The predicted molar refractivity (Wildman–Crippen MR) is 386 cm³/mol. The van der Waals surface area contributed by atoms with E-state index in [2.05, 4.69) is 84.0 Å². The van der Waals surface area contributed by atoms with Gasteiger partial charge in [-0.05, 0) is 111 Å². The van der Waals surface area contributed by atoms with E-state index in [-0.39, 0.29) is 22.9 Å². The first kappa shape index (κ1) is 71.4. The summed E-state index contributed by atoms with van der Waals surface area (Å²) in [4.78, 5) is 33.8. The average molecular weight is 1530 g/mol. The molecule has 0 spiro atoms. The molecule has 8 heterocycles. The number of hydrogen-bond donors (Lipinski definition) is 0. The van der Waals surface area contributed by atoms with Crippen LogP contribution in [0, 0.1) is 13.8 Å². The molecule has 26 heteroatoms. The number of aryl methyl sites for hydroxylation is 2. The summed E-state index contributed by atoms with van der Waals surface area (Å²) in [5.74, 6) is 3.34. The third-order valence-corrected chi connectivity index (χ3v) is 37.5. The molecule has 2 aromatic carbocycles. The first-order valence-corrected chi connectivity index (χ1v) is 48.7. The fraction of sp³-hybridized carbons (Fsp3) is 0.500. The summed E-state index contributed by atoms with van der Waals surface area (Å²) in [6, 6.07) is 25.4. The summed E-state index contributed by atoms with van der Waals surface area (Å²) < 4.78 is 108. The summed E-state index contributed by atoms with van der Waals surface area (Å²) in [7, 11) is -12.3. The molecule has 0 unspecified atom stereocenters. The van der Waals surface area contributed by atoms with Crippen LogP contribution >= 0.6 is 15.9 Å². The molecule has 20 nitrogen and oxygen atoms in total. The zero-order valence-electron chi connectivity index (χ0n) is 56.1. The average Bonchev–Trinajstić information content (AvgIpc) is 1.57. The van der Waals surface area contributed by atoms with E-state index in [1.807, 2.05) is 50.2 Å². The van der Waals surface area contributed by atoms with Crippen molar-refractivity contribution in [2.24, 2.45) is 8.73 Å². The minimum Gasteiger partial charge on any atom is -0.377 e. The van der Waals surface area contributed by atoms with Crippen LogP contribution in [0.4, 0.5) is 23.3 Å². The Bertz CT molecular complexity index is 4490. The largest absolute Gasteiger partial charge is 0.377 e. The maximum atomic E-state index is 14.0. The second kappa shape index (κ2) is 30.1. The van der Waals surface area contributed by atoms with Crippen molar-refractivity contribution < 1.29 is 34.7 Å². The summed E-state index contributed by atoms with van der Waals surface area (Å²) in [6.45, 7) is 19.0.